The molecule has 1 aromatic heterocycles. The summed E-state index contributed by atoms with van der Waals surface area (Å²) in [6, 6.07) is 0. The van der Waals surface area contributed by atoms with E-state index >= 15 is 0 Å². The maximum atomic E-state index is 10.9. The van der Waals surface area contributed by atoms with Crippen LogP contribution >= 0.6 is 12.2 Å². The highest BCUT2D eigenvalue weighted by atomic mass is 32.1. The van der Waals surface area contributed by atoms with Crippen LogP contribution in [0.3, 0.4) is 0 Å². The van der Waals surface area contributed by atoms with Gasteiger partial charge in [-0.1, -0.05) is 0 Å². The molecule has 15 heavy (non-hydrogen) atoms. The first-order valence-electron chi connectivity index (χ1n) is 4.00. The van der Waals surface area contributed by atoms with E-state index in [1.54, 1.807) is 6.92 Å². The smallest absolute Gasteiger partial charge is 0.413 e. The lowest BCUT2D eigenvalue weighted by Gasteiger charge is -2.07. The van der Waals surface area contributed by atoms with E-state index in [2.05, 4.69) is 25.7 Å². The van der Waals surface area contributed by atoms with Crippen LogP contribution in [0, 0.1) is 0 Å². The molecule has 0 atom stereocenters. The number of alkyl carbamates (subject to hydrolysis) is 1. The van der Waals surface area contributed by atoms with Gasteiger partial charge >= 0.3 is 11.8 Å². The highest BCUT2D eigenvalue weighted by Crippen LogP contribution is 1.78. The first kappa shape index (κ1) is 11.2. The predicted octanol–water partition coefficient (Wildman–Crippen LogP) is -0.854. The van der Waals surface area contributed by atoms with E-state index in [1.165, 1.54) is 6.33 Å². The van der Waals surface area contributed by atoms with Gasteiger partial charge in [-0.3, -0.25) is 10.7 Å². The van der Waals surface area contributed by atoms with E-state index < -0.39 is 11.8 Å². The number of carbonyl (C=O) groups is 1. The van der Waals surface area contributed by atoms with Crippen molar-refractivity contribution in [3.8, 4) is 0 Å². The summed E-state index contributed by atoms with van der Waals surface area (Å²) in [6.45, 7) is 1.90. The van der Waals surface area contributed by atoms with E-state index in [0.717, 1.165) is 4.68 Å². The highest BCUT2D eigenvalue weighted by Gasteiger charge is 2.05. The van der Waals surface area contributed by atoms with Crippen LogP contribution < -0.4 is 16.4 Å². The van der Waals surface area contributed by atoms with Crippen molar-refractivity contribution in [3.05, 3.63) is 16.8 Å². The molecule has 0 spiro atoms. The van der Waals surface area contributed by atoms with Crippen molar-refractivity contribution in [2.24, 2.45) is 0 Å². The van der Waals surface area contributed by atoms with E-state index in [1.807, 2.05) is 0 Å². The van der Waals surface area contributed by atoms with Crippen LogP contribution in [0.4, 0.5) is 4.79 Å². The minimum atomic E-state index is -0.688. The lowest BCUT2D eigenvalue weighted by Crippen LogP contribution is -2.41. The molecular weight excluding hydrogens is 222 g/mol. The number of thiocarbonyl (C=S) groups is 1. The number of nitrogens with one attached hydrogen (secondary N) is 3. The van der Waals surface area contributed by atoms with Crippen LogP contribution in [0.25, 0.3) is 0 Å². The van der Waals surface area contributed by atoms with Crippen molar-refractivity contribution in [2.75, 3.05) is 12.0 Å². The second kappa shape index (κ2) is 5.10. The third-order valence-electron chi connectivity index (χ3n) is 1.27. The molecule has 0 aromatic carbocycles. The second-order valence-electron chi connectivity index (χ2n) is 2.32. The largest absolute Gasteiger partial charge is 0.450 e. The Bertz CT molecular complexity index is 411. The van der Waals surface area contributed by atoms with Gasteiger partial charge in [0.05, 0.1) is 6.61 Å². The third-order valence-corrected chi connectivity index (χ3v) is 1.46. The lowest BCUT2D eigenvalue weighted by molar-refractivity contribution is 0.158. The molecule has 1 amide bonds. The molecule has 8 nitrogen and oxygen atoms in total. The molecular formula is C6H9N5O3S. The fourth-order valence-electron chi connectivity index (χ4n) is 0.725. The number of aromatic amines is 1. The fourth-order valence-corrected chi connectivity index (χ4v) is 0.907. The zero-order chi connectivity index (χ0) is 11.3. The summed E-state index contributed by atoms with van der Waals surface area (Å²) < 4.78 is 5.55. The summed E-state index contributed by atoms with van der Waals surface area (Å²) in [5.74, 6) is 0. The predicted molar refractivity (Wildman–Crippen MR) is 55.0 cm³/mol. The standard InChI is InChI=1S/C6H9N5O3S/c1-2-14-6(13)8-4(15)10-11-3-7-9-5(11)12/h3H,2H2,1H3,(H,9,12)(H2,8,10,13,15). The molecule has 3 N–H and O–H groups in total. The Morgan fingerprint density at radius 3 is 3.07 bits per heavy atom. The number of aromatic nitrogens is 3. The Labute approximate surface area is 89.6 Å². The zero-order valence-corrected chi connectivity index (χ0v) is 8.63. The van der Waals surface area contributed by atoms with Crippen LogP contribution in [0.1, 0.15) is 6.92 Å². The summed E-state index contributed by atoms with van der Waals surface area (Å²) >= 11 is 4.73. The van der Waals surface area contributed by atoms with Crippen LogP contribution in [0.15, 0.2) is 11.1 Å². The van der Waals surface area contributed by atoms with E-state index in [0.29, 0.717) is 0 Å². The molecule has 1 heterocycles. The number of rotatable bonds is 2. The van der Waals surface area contributed by atoms with Gasteiger partial charge < -0.3 is 4.74 Å². The SMILES string of the molecule is CCOC(=O)NC(=S)Nn1cn[nH]c1=O. The van der Waals surface area contributed by atoms with Crippen molar-refractivity contribution in [1.29, 1.82) is 0 Å². The molecule has 0 fully saturated rings. The number of H-pyrrole nitrogens is 1. The summed E-state index contributed by atoms with van der Waals surface area (Å²) in [4.78, 5) is 21.8. The topological polar surface area (TPSA) is 101 Å². The quantitative estimate of drug-likeness (QED) is 0.573. The zero-order valence-electron chi connectivity index (χ0n) is 7.81. The number of carbonyl (C=O) groups excluding carboxylic acids is 1. The number of nitrogens with zero attached hydrogens (tertiary/aromatic N) is 2. The van der Waals surface area contributed by atoms with E-state index in [9.17, 15) is 9.59 Å². The van der Waals surface area contributed by atoms with Gasteiger partial charge in [0.15, 0.2) is 5.11 Å². The first-order valence-corrected chi connectivity index (χ1v) is 4.41. The van der Waals surface area contributed by atoms with Crippen molar-refractivity contribution in [1.82, 2.24) is 20.2 Å². The molecule has 0 aliphatic rings. The molecule has 0 saturated heterocycles. The lowest BCUT2D eigenvalue weighted by atomic mass is 10.8. The number of amides is 1. The molecule has 0 unspecified atom stereocenters. The Morgan fingerprint density at radius 2 is 2.53 bits per heavy atom. The highest BCUT2D eigenvalue weighted by molar-refractivity contribution is 7.80. The summed E-state index contributed by atoms with van der Waals surface area (Å²) in [6.07, 6.45) is 0.494. The molecule has 0 aliphatic heterocycles. The fraction of sp³-hybridized carbons (Fsp3) is 0.333. The molecule has 0 saturated carbocycles. The maximum absolute atomic E-state index is 10.9. The minimum Gasteiger partial charge on any atom is -0.450 e. The van der Waals surface area contributed by atoms with Gasteiger partial charge in [-0.15, -0.1) is 0 Å². The Balaban J connectivity index is 2.47. The van der Waals surface area contributed by atoms with Gasteiger partial charge in [-0.25, -0.2) is 14.7 Å². The van der Waals surface area contributed by atoms with Crippen LogP contribution in [0.5, 0.6) is 0 Å². The summed E-state index contributed by atoms with van der Waals surface area (Å²) in [5.41, 5.74) is 1.91. The molecule has 1 aromatic rings. The van der Waals surface area contributed by atoms with Gasteiger partial charge in [-0.05, 0) is 19.1 Å². The number of hydrogen-bond acceptors (Lipinski definition) is 5. The average molecular weight is 231 g/mol. The minimum absolute atomic E-state index is 0.0584. The average Bonchev–Trinajstić information content (AvgIpc) is 2.52. The molecule has 9 heteroatoms. The molecule has 1 rings (SSSR count). The Kier molecular flexibility index (Phi) is 3.80. The Morgan fingerprint density at radius 1 is 1.80 bits per heavy atom. The number of ether oxygens (including phenoxy) is 1. The van der Waals surface area contributed by atoms with Crippen molar-refractivity contribution in [3.63, 3.8) is 0 Å². The van der Waals surface area contributed by atoms with Crippen molar-refractivity contribution < 1.29 is 9.53 Å². The van der Waals surface area contributed by atoms with E-state index in [4.69, 9.17) is 12.2 Å². The van der Waals surface area contributed by atoms with Crippen LogP contribution in [-0.2, 0) is 4.74 Å². The normalized spacial score (nSPS) is 9.40. The van der Waals surface area contributed by atoms with Gasteiger partial charge in [0, 0.05) is 0 Å². The van der Waals surface area contributed by atoms with Crippen LogP contribution in [0.2, 0.25) is 0 Å². The Hall–Kier alpha value is -1.90. The van der Waals surface area contributed by atoms with Gasteiger partial charge in [0.25, 0.3) is 0 Å². The maximum Gasteiger partial charge on any atom is 0.413 e. The van der Waals surface area contributed by atoms with E-state index in [-0.39, 0.29) is 11.7 Å². The monoisotopic (exact) mass is 231 g/mol. The van der Waals surface area contributed by atoms with Gasteiger partial charge in [0.2, 0.25) is 0 Å². The first-order chi connectivity index (χ1) is 7.13. The summed E-state index contributed by atoms with van der Waals surface area (Å²) in [7, 11) is 0. The van der Waals surface area contributed by atoms with Gasteiger partial charge in [0.1, 0.15) is 6.33 Å². The second-order valence-corrected chi connectivity index (χ2v) is 2.73. The van der Waals surface area contributed by atoms with Crippen LogP contribution in [-0.4, -0.2) is 32.7 Å². The summed E-state index contributed by atoms with van der Waals surface area (Å²) in [5, 5.41) is 7.74. The molecule has 0 radical (unpaired) electrons. The molecule has 0 aliphatic carbocycles. The third kappa shape index (κ3) is 3.38. The molecule has 0 bridgehead atoms. The molecule has 82 valence electrons. The van der Waals surface area contributed by atoms with Crippen molar-refractivity contribution >= 4 is 23.4 Å². The number of hydrogen-bond donors (Lipinski definition) is 3. The van der Waals surface area contributed by atoms with Crippen molar-refractivity contribution in [2.45, 2.75) is 6.92 Å². The van der Waals surface area contributed by atoms with Gasteiger partial charge in [-0.2, -0.15) is 9.77 Å².